The zero-order chi connectivity index (χ0) is 15.9. The molecular weight excluding hydrogens is 280 g/mol. The Bertz CT molecular complexity index is 702. The predicted octanol–water partition coefficient (Wildman–Crippen LogP) is 3.22. The highest BCUT2D eigenvalue weighted by Gasteiger charge is 2.11. The molecule has 0 saturated heterocycles. The van der Waals surface area contributed by atoms with Crippen molar-refractivity contribution < 1.29 is 19.4 Å². The molecule has 0 aliphatic carbocycles. The number of rotatable bonds is 6. The topological polar surface area (TPSA) is 63.6 Å². The summed E-state index contributed by atoms with van der Waals surface area (Å²) in [4.78, 5) is 23.1. The van der Waals surface area contributed by atoms with Crippen molar-refractivity contribution >= 4 is 17.8 Å². The Morgan fingerprint density at radius 2 is 1.86 bits per heavy atom. The minimum atomic E-state index is -0.970. The van der Waals surface area contributed by atoms with Gasteiger partial charge in [0.25, 0.3) is 0 Å². The molecular formula is C18H16O4. The first-order valence-corrected chi connectivity index (χ1v) is 6.76. The molecule has 0 unspecified atom stereocenters. The molecule has 2 aromatic rings. The Morgan fingerprint density at radius 1 is 1.14 bits per heavy atom. The van der Waals surface area contributed by atoms with E-state index in [1.807, 2.05) is 30.3 Å². The van der Waals surface area contributed by atoms with Crippen molar-refractivity contribution in [2.45, 2.75) is 6.42 Å². The second-order valence-electron chi connectivity index (χ2n) is 4.71. The molecule has 0 aliphatic rings. The molecule has 0 amide bonds. The molecule has 2 rings (SSSR count). The van der Waals surface area contributed by atoms with Crippen molar-refractivity contribution in [1.82, 2.24) is 0 Å². The van der Waals surface area contributed by atoms with E-state index in [-0.39, 0.29) is 12.2 Å². The van der Waals surface area contributed by atoms with E-state index in [1.165, 1.54) is 13.2 Å². The van der Waals surface area contributed by atoms with Crippen LogP contribution in [0.15, 0.2) is 54.6 Å². The first-order chi connectivity index (χ1) is 10.6. The summed E-state index contributed by atoms with van der Waals surface area (Å²) in [6, 6.07) is 14.3. The van der Waals surface area contributed by atoms with E-state index in [9.17, 15) is 9.59 Å². The third kappa shape index (κ3) is 4.06. The van der Waals surface area contributed by atoms with Crippen molar-refractivity contribution in [1.29, 1.82) is 0 Å². The number of hydrogen-bond acceptors (Lipinski definition) is 3. The lowest BCUT2D eigenvalue weighted by atomic mass is 10.0. The minimum absolute atomic E-state index is 0.182. The number of carbonyl (C=O) groups is 2. The van der Waals surface area contributed by atoms with Crippen LogP contribution >= 0.6 is 0 Å². The molecule has 0 radical (unpaired) electrons. The molecule has 0 heterocycles. The lowest BCUT2D eigenvalue weighted by Gasteiger charge is -2.07. The van der Waals surface area contributed by atoms with E-state index in [1.54, 1.807) is 24.3 Å². The molecule has 0 aliphatic heterocycles. The van der Waals surface area contributed by atoms with Gasteiger partial charge in [-0.25, -0.2) is 0 Å². The van der Waals surface area contributed by atoms with E-state index in [0.717, 1.165) is 5.56 Å². The maximum absolute atomic E-state index is 12.2. The van der Waals surface area contributed by atoms with Crippen LogP contribution in [-0.2, 0) is 11.2 Å². The molecule has 2 aromatic carbocycles. The Kier molecular flexibility index (Phi) is 5.09. The van der Waals surface area contributed by atoms with Gasteiger partial charge < -0.3 is 9.84 Å². The van der Waals surface area contributed by atoms with Gasteiger partial charge in [0.05, 0.1) is 13.5 Å². The molecule has 22 heavy (non-hydrogen) atoms. The summed E-state index contributed by atoms with van der Waals surface area (Å²) in [5.74, 6) is -0.688. The zero-order valence-electron chi connectivity index (χ0n) is 12.2. The molecule has 0 aromatic heterocycles. The number of carboxylic acids is 1. The van der Waals surface area contributed by atoms with Crippen molar-refractivity contribution in [2.75, 3.05) is 7.11 Å². The average Bonchev–Trinajstić information content (AvgIpc) is 2.53. The van der Waals surface area contributed by atoms with Crippen LogP contribution < -0.4 is 4.74 Å². The van der Waals surface area contributed by atoms with E-state index in [4.69, 9.17) is 9.84 Å². The van der Waals surface area contributed by atoms with Gasteiger partial charge in [-0.05, 0) is 29.8 Å². The Labute approximate surface area is 128 Å². The number of carbonyl (C=O) groups excluding carboxylic acids is 1. The average molecular weight is 296 g/mol. The molecule has 0 saturated carbocycles. The number of benzene rings is 2. The number of hydrogen-bond donors (Lipinski definition) is 1. The van der Waals surface area contributed by atoms with Crippen LogP contribution in [0, 0.1) is 0 Å². The van der Waals surface area contributed by atoms with Gasteiger partial charge in [-0.15, -0.1) is 0 Å². The van der Waals surface area contributed by atoms with Crippen molar-refractivity contribution in [3.8, 4) is 5.75 Å². The largest absolute Gasteiger partial charge is 0.496 e. The highest BCUT2D eigenvalue weighted by Crippen LogP contribution is 2.21. The molecule has 0 spiro atoms. The van der Waals surface area contributed by atoms with E-state index in [0.29, 0.717) is 16.9 Å². The summed E-state index contributed by atoms with van der Waals surface area (Å²) in [5.41, 5.74) is 1.84. The number of ketones is 1. The molecule has 4 nitrogen and oxygen atoms in total. The molecule has 0 fully saturated rings. The SMILES string of the molecule is COc1ccc(C(=O)/C=C/c2ccccc2)cc1CC(=O)O. The molecule has 112 valence electrons. The molecule has 0 atom stereocenters. The van der Waals surface area contributed by atoms with Crippen molar-refractivity contribution in [2.24, 2.45) is 0 Å². The van der Waals surface area contributed by atoms with Gasteiger partial charge in [0.2, 0.25) is 0 Å². The number of ether oxygens (including phenoxy) is 1. The fraction of sp³-hybridized carbons (Fsp3) is 0.111. The Balaban J connectivity index is 2.22. The summed E-state index contributed by atoms with van der Waals surface area (Å²) in [7, 11) is 1.47. The van der Waals surface area contributed by atoms with Gasteiger partial charge in [-0.1, -0.05) is 36.4 Å². The third-order valence-electron chi connectivity index (χ3n) is 3.13. The van der Waals surface area contributed by atoms with Crippen molar-refractivity contribution in [3.63, 3.8) is 0 Å². The number of methoxy groups -OCH3 is 1. The Morgan fingerprint density at radius 3 is 2.50 bits per heavy atom. The van der Waals surface area contributed by atoms with Gasteiger partial charge >= 0.3 is 5.97 Å². The smallest absolute Gasteiger partial charge is 0.307 e. The second-order valence-corrected chi connectivity index (χ2v) is 4.71. The third-order valence-corrected chi connectivity index (χ3v) is 3.13. The monoisotopic (exact) mass is 296 g/mol. The van der Waals surface area contributed by atoms with Crippen molar-refractivity contribution in [3.05, 3.63) is 71.3 Å². The summed E-state index contributed by atoms with van der Waals surface area (Å²) < 4.78 is 5.12. The summed E-state index contributed by atoms with van der Waals surface area (Å²) in [6.07, 6.45) is 3.01. The first kappa shape index (κ1) is 15.5. The minimum Gasteiger partial charge on any atom is -0.496 e. The van der Waals surface area contributed by atoms with Crippen LogP contribution in [0.3, 0.4) is 0 Å². The number of carboxylic acid groups (broad SMARTS) is 1. The van der Waals surface area contributed by atoms with Crippen LogP contribution in [0.4, 0.5) is 0 Å². The maximum Gasteiger partial charge on any atom is 0.307 e. The molecule has 0 bridgehead atoms. The summed E-state index contributed by atoms with van der Waals surface area (Å²) >= 11 is 0. The van der Waals surface area contributed by atoms with E-state index < -0.39 is 5.97 Å². The van der Waals surface area contributed by atoms with Crippen LogP contribution in [0.25, 0.3) is 6.08 Å². The maximum atomic E-state index is 12.2. The van der Waals surface area contributed by atoms with Crippen LogP contribution in [-0.4, -0.2) is 24.0 Å². The Hall–Kier alpha value is -2.88. The van der Waals surface area contributed by atoms with Crippen LogP contribution in [0.5, 0.6) is 5.75 Å². The molecule has 1 N–H and O–H groups in total. The highest BCUT2D eigenvalue weighted by molar-refractivity contribution is 6.07. The molecule has 4 heteroatoms. The van der Waals surface area contributed by atoms with Gasteiger partial charge in [0, 0.05) is 11.1 Å². The van der Waals surface area contributed by atoms with Gasteiger partial charge in [0.1, 0.15) is 5.75 Å². The fourth-order valence-corrected chi connectivity index (χ4v) is 2.07. The quantitative estimate of drug-likeness (QED) is 0.656. The summed E-state index contributed by atoms with van der Waals surface area (Å²) in [6.45, 7) is 0. The lowest BCUT2D eigenvalue weighted by molar-refractivity contribution is -0.136. The predicted molar refractivity (Wildman–Crippen MR) is 84.1 cm³/mol. The van der Waals surface area contributed by atoms with Gasteiger partial charge in [-0.3, -0.25) is 9.59 Å². The fourth-order valence-electron chi connectivity index (χ4n) is 2.07. The number of allylic oxidation sites excluding steroid dienone is 1. The lowest BCUT2D eigenvalue weighted by Crippen LogP contribution is -2.04. The van der Waals surface area contributed by atoms with Gasteiger partial charge in [0.15, 0.2) is 5.78 Å². The van der Waals surface area contributed by atoms with Crippen LogP contribution in [0.2, 0.25) is 0 Å². The number of aliphatic carboxylic acids is 1. The summed E-state index contributed by atoms with van der Waals surface area (Å²) in [5, 5.41) is 8.91. The zero-order valence-corrected chi connectivity index (χ0v) is 12.2. The second kappa shape index (κ2) is 7.22. The van der Waals surface area contributed by atoms with E-state index >= 15 is 0 Å². The first-order valence-electron chi connectivity index (χ1n) is 6.76. The van der Waals surface area contributed by atoms with Crippen LogP contribution in [0.1, 0.15) is 21.5 Å². The standard InChI is InChI=1S/C18H16O4/c1-22-17-10-8-14(11-15(17)12-18(20)21)16(19)9-7-13-5-3-2-4-6-13/h2-11H,12H2,1H3,(H,20,21)/b9-7+. The van der Waals surface area contributed by atoms with Gasteiger partial charge in [-0.2, -0.15) is 0 Å². The highest BCUT2D eigenvalue weighted by atomic mass is 16.5. The van der Waals surface area contributed by atoms with E-state index in [2.05, 4.69) is 0 Å². The normalized spacial score (nSPS) is 10.6.